The van der Waals surface area contributed by atoms with Crippen LogP contribution < -0.4 is 10.7 Å². The first-order chi connectivity index (χ1) is 19.5. The number of benzene rings is 3. The average molecular weight is 534 g/mol. The molecule has 0 aromatic heterocycles. The lowest BCUT2D eigenvalue weighted by Gasteiger charge is -2.30. The van der Waals surface area contributed by atoms with Crippen LogP contribution in [0.5, 0.6) is 0 Å². The van der Waals surface area contributed by atoms with Crippen LogP contribution in [0.15, 0.2) is 121 Å². The summed E-state index contributed by atoms with van der Waals surface area (Å²) in [5.74, 6) is -0.885. The van der Waals surface area contributed by atoms with Gasteiger partial charge in [0.25, 0.3) is 5.91 Å². The van der Waals surface area contributed by atoms with E-state index in [0.29, 0.717) is 12.0 Å². The second-order valence-electron chi connectivity index (χ2n) is 10.3. The molecule has 3 aromatic rings. The molecule has 2 N–H and O–H groups in total. The zero-order valence-electron chi connectivity index (χ0n) is 22.6. The van der Waals surface area contributed by atoms with E-state index in [0.717, 1.165) is 28.9 Å². The summed E-state index contributed by atoms with van der Waals surface area (Å²) >= 11 is 0. The molecule has 0 saturated heterocycles. The fraction of sp³-hybridized carbons (Fsp3) is 0.182. The Hall–Kier alpha value is -4.62. The van der Waals surface area contributed by atoms with Gasteiger partial charge in [0, 0.05) is 44.8 Å². The van der Waals surface area contributed by atoms with Crippen LogP contribution in [0.2, 0.25) is 0 Å². The topological polar surface area (TPSA) is 50.9 Å². The van der Waals surface area contributed by atoms with E-state index >= 15 is 4.39 Å². The number of nitrogens with zero attached hydrogens (tertiary/aromatic N) is 3. The number of allylic oxidation sites excluding steroid dienone is 1. The standard InChI is InChI=1S/C33H32FN5O/c1-37-21-27(19-36-37)26-14-16-32-35-20-31(39(32)22-26)25-13-15-28(29(34)18-25)33(40)38(2)30(24-11-7-4-8-12-24)17-23-9-5-3-6-10-23/h3-16,18,20-22,30,32,35-36H,17,19H2,1-2H3. The van der Waals surface area contributed by atoms with E-state index in [4.69, 9.17) is 0 Å². The Morgan fingerprint density at radius 1 is 1.05 bits per heavy atom. The summed E-state index contributed by atoms with van der Waals surface area (Å²) < 4.78 is 15.6. The number of carbonyl (C=O) groups is 1. The molecule has 7 heteroatoms. The predicted molar refractivity (Wildman–Crippen MR) is 156 cm³/mol. The third-order valence-corrected chi connectivity index (χ3v) is 7.68. The molecule has 0 saturated carbocycles. The number of amides is 1. The van der Waals surface area contributed by atoms with Crippen molar-refractivity contribution in [1.29, 1.82) is 0 Å². The Bertz CT molecular complexity index is 1530. The molecule has 6 rings (SSSR count). The highest BCUT2D eigenvalue weighted by molar-refractivity contribution is 5.95. The van der Waals surface area contributed by atoms with Crippen LogP contribution in [0.4, 0.5) is 4.39 Å². The van der Waals surface area contributed by atoms with Crippen molar-refractivity contribution in [2.45, 2.75) is 18.6 Å². The molecule has 2 atom stereocenters. The number of rotatable bonds is 7. The smallest absolute Gasteiger partial charge is 0.257 e. The molecule has 202 valence electrons. The normalized spacial score (nSPS) is 18.5. The highest BCUT2D eigenvalue weighted by Crippen LogP contribution is 2.33. The first-order valence-corrected chi connectivity index (χ1v) is 13.5. The van der Waals surface area contributed by atoms with Crippen molar-refractivity contribution >= 4 is 11.6 Å². The highest BCUT2D eigenvalue weighted by atomic mass is 19.1. The Labute approximate surface area is 234 Å². The first kappa shape index (κ1) is 25.6. The van der Waals surface area contributed by atoms with Gasteiger partial charge in [-0.1, -0.05) is 72.8 Å². The predicted octanol–water partition coefficient (Wildman–Crippen LogP) is 5.20. The van der Waals surface area contributed by atoms with Gasteiger partial charge < -0.3 is 20.1 Å². The molecule has 0 spiro atoms. The molecule has 0 aliphatic carbocycles. The molecule has 0 fully saturated rings. The van der Waals surface area contributed by atoms with Crippen molar-refractivity contribution < 1.29 is 9.18 Å². The number of hydrogen-bond acceptors (Lipinski definition) is 5. The summed E-state index contributed by atoms with van der Waals surface area (Å²) in [7, 11) is 3.72. The van der Waals surface area contributed by atoms with Crippen LogP contribution >= 0.6 is 0 Å². The second kappa shape index (κ2) is 10.9. The molecular weight excluding hydrogens is 501 g/mol. The van der Waals surface area contributed by atoms with Crippen LogP contribution in [-0.2, 0) is 6.42 Å². The molecule has 3 heterocycles. The van der Waals surface area contributed by atoms with Gasteiger partial charge in [-0.3, -0.25) is 4.79 Å². The number of halogens is 1. The Morgan fingerprint density at radius 3 is 2.50 bits per heavy atom. The van der Waals surface area contributed by atoms with Gasteiger partial charge in [-0.2, -0.15) is 0 Å². The van der Waals surface area contributed by atoms with Gasteiger partial charge in [-0.05, 0) is 46.9 Å². The minimum atomic E-state index is -0.536. The Balaban J connectivity index is 1.24. The number of hydrazine groups is 1. The van der Waals surface area contributed by atoms with Gasteiger partial charge in [0.15, 0.2) is 0 Å². The zero-order valence-corrected chi connectivity index (χ0v) is 22.6. The average Bonchev–Trinajstić information content (AvgIpc) is 3.62. The van der Waals surface area contributed by atoms with Crippen molar-refractivity contribution in [2.75, 3.05) is 20.6 Å². The fourth-order valence-corrected chi connectivity index (χ4v) is 5.46. The van der Waals surface area contributed by atoms with E-state index in [-0.39, 0.29) is 23.7 Å². The summed E-state index contributed by atoms with van der Waals surface area (Å²) in [6.07, 6.45) is 10.8. The van der Waals surface area contributed by atoms with E-state index in [2.05, 4.69) is 40.2 Å². The molecule has 3 aromatic carbocycles. The van der Waals surface area contributed by atoms with Gasteiger partial charge in [0.05, 0.1) is 17.3 Å². The second-order valence-corrected chi connectivity index (χ2v) is 10.3. The number of hydrogen-bond donors (Lipinski definition) is 2. The zero-order chi connectivity index (χ0) is 27.6. The highest BCUT2D eigenvalue weighted by Gasteiger charge is 2.29. The summed E-state index contributed by atoms with van der Waals surface area (Å²) in [6, 6.07) is 24.6. The summed E-state index contributed by atoms with van der Waals surface area (Å²) in [5, 5.41) is 5.29. The van der Waals surface area contributed by atoms with Crippen LogP contribution in [0, 0.1) is 5.82 Å². The minimum Gasteiger partial charge on any atom is -0.366 e. The maximum absolute atomic E-state index is 15.6. The van der Waals surface area contributed by atoms with E-state index in [1.165, 1.54) is 11.6 Å². The lowest BCUT2D eigenvalue weighted by Crippen LogP contribution is -2.33. The van der Waals surface area contributed by atoms with Crippen molar-refractivity contribution in [3.63, 3.8) is 0 Å². The Morgan fingerprint density at radius 2 is 1.80 bits per heavy atom. The van der Waals surface area contributed by atoms with E-state index in [1.54, 1.807) is 18.0 Å². The molecule has 0 radical (unpaired) electrons. The first-order valence-electron chi connectivity index (χ1n) is 13.5. The molecule has 1 amide bonds. The number of carbonyl (C=O) groups excluding carboxylic acids is 1. The van der Waals surface area contributed by atoms with Crippen molar-refractivity contribution in [3.05, 3.63) is 149 Å². The van der Waals surface area contributed by atoms with Crippen LogP contribution in [0.25, 0.3) is 5.70 Å². The molecular formula is C33H32FN5O. The number of nitrogens with one attached hydrogen (secondary N) is 2. The Kier molecular flexibility index (Phi) is 6.97. The van der Waals surface area contributed by atoms with Crippen LogP contribution in [-0.4, -0.2) is 47.5 Å². The fourth-order valence-electron chi connectivity index (χ4n) is 5.46. The van der Waals surface area contributed by atoms with Crippen molar-refractivity contribution in [2.24, 2.45) is 0 Å². The van der Waals surface area contributed by atoms with Crippen molar-refractivity contribution in [1.82, 2.24) is 25.6 Å². The quantitative estimate of drug-likeness (QED) is 0.437. The monoisotopic (exact) mass is 533 g/mol. The summed E-state index contributed by atoms with van der Waals surface area (Å²) in [5.41, 5.74) is 9.28. The van der Waals surface area contributed by atoms with E-state index in [9.17, 15) is 4.79 Å². The SMILES string of the molecule is CN1C=C(C2=CN3C(c4ccc(C(=O)N(C)C(Cc5ccccc5)c5ccccc5)c(F)c4)=CNC3C=C2)CN1. The summed E-state index contributed by atoms with van der Waals surface area (Å²) in [4.78, 5) is 17.4. The largest absolute Gasteiger partial charge is 0.366 e. The number of likely N-dealkylation sites (N-methyl/N-ethyl adjacent to an activating group) is 1. The maximum atomic E-state index is 15.6. The van der Waals surface area contributed by atoms with Crippen LogP contribution in [0.1, 0.15) is 33.1 Å². The van der Waals surface area contributed by atoms with E-state index < -0.39 is 5.82 Å². The lowest BCUT2D eigenvalue weighted by atomic mass is 9.96. The molecule has 40 heavy (non-hydrogen) atoms. The third-order valence-electron chi connectivity index (χ3n) is 7.68. The maximum Gasteiger partial charge on any atom is 0.257 e. The van der Waals surface area contributed by atoms with Gasteiger partial charge in [0.1, 0.15) is 12.0 Å². The summed E-state index contributed by atoms with van der Waals surface area (Å²) in [6.45, 7) is 0.755. The lowest BCUT2D eigenvalue weighted by molar-refractivity contribution is 0.0724. The van der Waals surface area contributed by atoms with E-state index in [1.807, 2.05) is 85.0 Å². The molecule has 6 nitrogen and oxygen atoms in total. The molecule has 2 unspecified atom stereocenters. The minimum absolute atomic E-state index is 0.0356. The van der Waals surface area contributed by atoms with Gasteiger partial charge in [-0.15, -0.1) is 0 Å². The van der Waals surface area contributed by atoms with Crippen molar-refractivity contribution in [3.8, 4) is 0 Å². The van der Waals surface area contributed by atoms with Gasteiger partial charge >= 0.3 is 0 Å². The molecule has 3 aliphatic heterocycles. The van der Waals surface area contributed by atoms with Gasteiger partial charge in [0.2, 0.25) is 0 Å². The van der Waals surface area contributed by atoms with Gasteiger partial charge in [-0.25, -0.2) is 9.82 Å². The van der Waals surface area contributed by atoms with Crippen LogP contribution in [0.3, 0.4) is 0 Å². The molecule has 3 aliphatic rings. The molecule has 0 bridgehead atoms. The third kappa shape index (κ3) is 5.03. The number of fused-ring (bicyclic) bond motifs is 1.